The zero-order valence-electron chi connectivity index (χ0n) is 11.5. The van der Waals surface area contributed by atoms with E-state index in [0.717, 1.165) is 22.8 Å². The number of benzene rings is 1. The van der Waals surface area contributed by atoms with E-state index < -0.39 is 0 Å². The highest BCUT2D eigenvalue weighted by atomic mass is 35.5. The number of anilines is 1. The van der Waals surface area contributed by atoms with Gasteiger partial charge < -0.3 is 5.73 Å². The Hall–Kier alpha value is -0.730. The van der Waals surface area contributed by atoms with E-state index in [2.05, 4.69) is 4.90 Å². The van der Waals surface area contributed by atoms with Gasteiger partial charge in [-0.2, -0.15) is 0 Å². The molecule has 0 amide bonds. The molecule has 3 rings (SSSR count). The van der Waals surface area contributed by atoms with E-state index in [1.54, 1.807) is 0 Å². The van der Waals surface area contributed by atoms with E-state index in [1.807, 2.05) is 18.2 Å². The van der Waals surface area contributed by atoms with Crippen molar-refractivity contribution in [1.29, 1.82) is 0 Å². The third kappa shape index (κ3) is 2.75. The summed E-state index contributed by atoms with van der Waals surface area (Å²) >= 11 is 6.26. The monoisotopic (exact) mass is 278 g/mol. The van der Waals surface area contributed by atoms with Crippen LogP contribution in [0.5, 0.6) is 0 Å². The molecule has 1 saturated heterocycles. The Morgan fingerprint density at radius 2 is 1.79 bits per heavy atom. The summed E-state index contributed by atoms with van der Waals surface area (Å²) in [6.45, 7) is 3.30. The summed E-state index contributed by atoms with van der Waals surface area (Å²) in [5.74, 6) is 0. The van der Waals surface area contributed by atoms with E-state index in [-0.39, 0.29) is 0 Å². The van der Waals surface area contributed by atoms with Gasteiger partial charge in [-0.1, -0.05) is 30.5 Å². The van der Waals surface area contributed by atoms with Crippen molar-refractivity contribution in [2.75, 3.05) is 18.8 Å². The molecule has 19 heavy (non-hydrogen) atoms. The molecule has 1 heterocycles. The summed E-state index contributed by atoms with van der Waals surface area (Å²) in [6.07, 6.45) is 8.51. The van der Waals surface area contributed by atoms with Crippen molar-refractivity contribution >= 4 is 17.3 Å². The summed E-state index contributed by atoms with van der Waals surface area (Å²) in [4.78, 5) is 2.52. The molecule has 2 aliphatic rings. The quantitative estimate of drug-likeness (QED) is 0.826. The number of likely N-dealkylation sites (tertiary alicyclic amines) is 1. The van der Waals surface area contributed by atoms with E-state index in [4.69, 9.17) is 17.3 Å². The van der Waals surface area contributed by atoms with Crippen LogP contribution < -0.4 is 5.73 Å². The molecule has 0 unspecified atom stereocenters. The fraction of sp³-hybridized carbons (Fsp3) is 0.625. The van der Waals surface area contributed by atoms with E-state index in [1.165, 1.54) is 51.6 Å². The molecule has 1 spiro atoms. The number of nitrogen functional groups attached to an aromatic ring is 1. The molecule has 1 aliphatic carbocycles. The van der Waals surface area contributed by atoms with Gasteiger partial charge in [0.15, 0.2) is 0 Å². The largest absolute Gasteiger partial charge is 0.398 e. The Bertz CT molecular complexity index is 422. The van der Waals surface area contributed by atoms with Crippen LogP contribution in [0.3, 0.4) is 0 Å². The molecule has 1 saturated carbocycles. The molecule has 2 N–H and O–H groups in total. The number of hydrogen-bond acceptors (Lipinski definition) is 2. The number of nitrogens with zero attached hydrogens (tertiary/aromatic N) is 1. The van der Waals surface area contributed by atoms with Crippen LogP contribution >= 0.6 is 11.6 Å². The SMILES string of the molecule is Nc1cccc(Cl)c1CN1CCC2(CCCC2)CC1. The van der Waals surface area contributed by atoms with Gasteiger partial charge >= 0.3 is 0 Å². The lowest BCUT2D eigenvalue weighted by Gasteiger charge is -2.39. The predicted molar refractivity (Wildman–Crippen MR) is 81.3 cm³/mol. The normalized spacial score (nSPS) is 23.0. The number of halogens is 1. The molecule has 2 fully saturated rings. The second kappa shape index (κ2) is 5.34. The molecular formula is C16H23ClN2. The first-order chi connectivity index (χ1) is 9.19. The Morgan fingerprint density at radius 3 is 2.42 bits per heavy atom. The fourth-order valence-electron chi connectivity index (χ4n) is 3.78. The van der Waals surface area contributed by atoms with Crippen LogP contribution in [-0.2, 0) is 6.54 Å². The summed E-state index contributed by atoms with van der Waals surface area (Å²) < 4.78 is 0. The van der Waals surface area contributed by atoms with Gasteiger partial charge in [-0.15, -0.1) is 0 Å². The molecule has 1 aromatic carbocycles. The van der Waals surface area contributed by atoms with E-state index in [9.17, 15) is 0 Å². The number of piperidine rings is 1. The van der Waals surface area contributed by atoms with Gasteiger partial charge in [0, 0.05) is 22.8 Å². The molecule has 0 bridgehead atoms. The Balaban J connectivity index is 1.63. The highest BCUT2D eigenvalue weighted by Crippen LogP contribution is 2.46. The highest BCUT2D eigenvalue weighted by molar-refractivity contribution is 6.31. The maximum absolute atomic E-state index is 6.26. The van der Waals surface area contributed by atoms with Gasteiger partial charge in [-0.05, 0) is 56.3 Å². The van der Waals surface area contributed by atoms with Crippen molar-refractivity contribution in [1.82, 2.24) is 4.90 Å². The standard InChI is InChI=1S/C16H23ClN2/c17-14-4-3-5-15(18)13(14)12-19-10-8-16(9-11-19)6-1-2-7-16/h3-5H,1-2,6-12,18H2. The van der Waals surface area contributed by atoms with Crippen LogP contribution in [0.1, 0.15) is 44.1 Å². The van der Waals surface area contributed by atoms with Crippen molar-refractivity contribution in [3.8, 4) is 0 Å². The van der Waals surface area contributed by atoms with Crippen LogP contribution in [-0.4, -0.2) is 18.0 Å². The van der Waals surface area contributed by atoms with Gasteiger partial charge in [-0.25, -0.2) is 0 Å². The van der Waals surface area contributed by atoms with Crippen LogP contribution in [0.25, 0.3) is 0 Å². The first-order valence-corrected chi connectivity index (χ1v) is 7.82. The van der Waals surface area contributed by atoms with Gasteiger partial charge in [-0.3, -0.25) is 4.90 Å². The number of rotatable bonds is 2. The fourth-order valence-corrected chi connectivity index (χ4v) is 4.02. The average molecular weight is 279 g/mol. The second-order valence-electron chi connectivity index (χ2n) is 6.29. The van der Waals surface area contributed by atoms with Gasteiger partial charge in [0.25, 0.3) is 0 Å². The molecule has 2 nitrogen and oxygen atoms in total. The topological polar surface area (TPSA) is 29.3 Å². The molecule has 3 heteroatoms. The lowest BCUT2D eigenvalue weighted by Crippen LogP contribution is -2.38. The first-order valence-electron chi connectivity index (χ1n) is 7.44. The molecule has 1 aliphatic heterocycles. The van der Waals surface area contributed by atoms with Crippen LogP contribution in [0.4, 0.5) is 5.69 Å². The molecule has 0 atom stereocenters. The molecule has 104 valence electrons. The van der Waals surface area contributed by atoms with Gasteiger partial charge in [0.05, 0.1) is 0 Å². The van der Waals surface area contributed by atoms with Crippen molar-refractivity contribution in [2.45, 2.75) is 45.1 Å². The third-order valence-corrected chi connectivity index (χ3v) is 5.47. The summed E-state index contributed by atoms with van der Waals surface area (Å²) in [5.41, 5.74) is 8.66. The van der Waals surface area contributed by atoms with Crippen molar-refractivity contribution in [2.24, 2.45) is 5.41 Å². The first kappa shape index (κ1) is 13.3. The predicted octanol–water partition coefficient (Wildman–Crippen LogP) is 4.08. The van der Waals surface area contributed by atoms with E-state index >= 15 is 0 Å². The zero-order valence-corrected chi connectivity index (χ0v) is 12.3. The minimum atomic E-state index is 0.683. The lowest BCUT2D eigenvalue weighted by molar-refractivity contribution is 0.104. The Labute approximate surface area is 120 Å². The highest BCUT2D eigenvalue weighted by Gasteiger charge is 2.36. The van der Waals surface area contributed by atoms with Crippen molar-refractivity contribution < 1.29 is 0 Å². The smallest absolute Gasteiger partial charge is 0.0471 e. The Kier molecular flexibility index (Phi) is 3.72. The maximum Gasteiger partial charge on any atom is 0.0471 e. The van der Waals surface area contributed by atoms with Gasteiger partial charge in [0.2, 0.25) is 0 Å². The summed E-state index contributed by atoms with van der Waals surface area (Å²) in [7, 11) is 0. The number of hydrogen-bond donors (Lipinski definition) is 1. The van der Waals surface area contributed by atoms with Crippen LogP contribution in [0.2, 0.25) is 5.02 Å². The van der Waals surface area contributed by atoms with Crippen LogP contribution in [0, 0.1) is 5.41 Å². The zero-order chi connectivity index (χ0) is 13.3. The second-order valence-corrected chi connectivity index (χ2v) is 6.70. The average Bonchev–Trinajstić information content (AvgIpc) is 2.85. The molecule has 0 aromatic heterocycles. The number of nitrogens with two attached hydrogens (primary N) is 1. The summed E-state index contributed by atoms with van der Waals surface area (Å²) in [6, 6.07) is 5.81. The third-order valence-electron chi connectivity index (χ3n) is 5.12. The van der Waals surface area contributed by atoms with Gasteiger partial charge in [0.1, 0.15) is 0 Å². The molecular weight excluding hydrogens is 256 g/mol. The Morgan fingerprint density at radius 1 is 1.11 bits per heavy atom. The van der Waals surface area contributed by atoms with E-state index in [0.29, 0.717) is 5.41 Å². The molecule has 0 radical (unpaired) electrons. The summed E-state index contributed by atoms with van der Waals surface area (Å²) in [5, 5.41) is 0.807. The lowest BCUT2D eigenvalue weighted by atomic mass is 9.77. The van der Waals surface area contributed by atoms with Crippen molar-refractivity contribution in [3.05, 3.63) is 28.8 Å². The minimum Gasteiger partial charge on any atom is -0.398 e. The minimum absolute atomic E-state index is 0.683. The van der Waals surface area contributed by atoms with Crippen molar-refractivity contribution in [3.63, 3.8) is 0 Å². The maximum atomic E-state index is 6.26. The van der Waals surface area contributed by atoms with Crippen LogP contribution in [0.15, 0.2) is 18.2 Å². The molecule has 1 aromatic rings.